The molecule has 98 valence electrons. The largest absolute Gasteiger partial charge is 0.497 e. The first-order valence-corrected chi connectivity index (χ1v) is 5.71. The van der Waals surface area contributed by atoms with Crippen LogP contribution in [0, 0.1) is 0 Å². The topological polar surface area (TPSA) is 69.7 Å². The van der Waals surface area contributed by atoms with Crippen molar-refractivity contribution >= 4 is 11.5 Å². The second-order valence-electron chi connectivity index (χ2n) is 3.78. The lowest BCUT2D eigenvalue weighted by atomic mass is 10.2. The van der Waals surface area contributed by atoms with Gasteiger partial charge < -0.3 is 15.2 Å². The third-order valence-corrected chi connectivity index (χ3v) is 2.56. The van der Waals surface area contributed by atoms with Crippen molar-refractivity contribution in [3.8, 4) is 11.6 Å². The van der Waals surface area contributed by atoms with Crippen LogP contribution in [0.3, 0.4) is 0 Å². The third kappa shape index (κ3) is 3.22. The first-order chi connectivity index (χ1) is 9.22. The van der Waals surface area contributed by atoms with Crippen molar-refractivity contribution in [3.63, 3.8) is 0 Å². The van der Waals surface area contributed by atoms with Crippen molar-refractivity contribution < 1.29 is 9.47 Å². The summed E-state index contributed by atoms with van der Waals surface area (Å²) in [5, 5.41) is 0. The lowest BCUT2D eigenvalue weighted by Crippen LogP contribution is -2.13. The molecule has 5 nitrogen and oxygen atoms in total. The van der Waals surface area contributed by atoms with Crippen LogP contribution in [0.25, 0.3) is 0 Å². The maximum absolute atomic E-state index is 5.93. The molecule has 0 saturated carbocycles. The predicted molar refractivity (Wildman–Crippen MR) is 74.2 cm³/mol. The van der Waals surface area contributed by atoms with Gasteiger partial charge in [0, 0.05) is 17.8 Å². The van der Waals surface area contributed by atoms with E-state index in [1.54, 1.807) is 26.5 Å². The molecule has 0 aliphatic carbocycles. The van der Waals surface area contributed by atoms with Gasteiger partial charge in [-0.1, -0.05) is 0 Å². The number of nitrogens with zero attached hydrogens (tertiary/aromatic N) is 2. The number of rotatable bonds is 4. The molecule has 5 heteroatoms. The van der Waals surface area contributed by atoms with Gasteiger partial charge in [0.25, 0.3) is 0 Å². The number of pyridine rings is 1. The molecule has 0 spiro atoms. The number of amidine groups is 1. The van der Waals surface area contributed by atoms with E-state index in [9.17, 15) is 0 Å². The minimum Gasteiger partial charge on any atom is -0.497 e. The van der Waals surface area contributed by atoms with Gasteiger partial charge in [0.2, 0.25) is 5.88 Å². The molecule has 0 fully saturated rings. The van der Waals surface area contributed by atoms with Gasteiger partial charge in [-0.25, -0.2) is 9.98 Å². The maximum Gasteiger partial charge on any atom is 0.212 e. The zero-order valence-corrected chi connectivity index (χ0v) is 10.8. The Morgan fingerprint density at radius 2 is 1.79 bits per heavy atom. The van der Waals surface area contributed by atoms with Gasteiger partial charge in [-0.3, -0.25) is 0 Å². The SMILES string of the molecule is COc1ccc(N=C(N)c2ccc(OC)nc2)cc1. The van der Waals surface area contributed by atoms with Gasteiger partial charge in [-0.2, -0.15) is 0 Å². The Morgan fingerprint density at radius 1 is 1.05 bits per heavy atom. The first kappa shape index (κ1) is 12.9. The summed E-state index contributed by atoms with van der Waals surface area (Å²) in [5.41, 5.74) is 7.43. The second kappa shape index (κ2) is 5.86. The van der Waals surface area contributed by atoms with Crippen LogP contribution < -0.4 is 15.2 Å². The Balaban J connectivity index is 2.20. The number of aliphatic imine (C=N–C) groups is 1. The van der Waals surface area contributed by atoms with Gasteiger partial charge in [-0.05, 0) is 30.3 Å². The Kier molecular flexibility index (Phi) is 3.97. The summed E-state index contributed by atoms with van der Waals surface area (Å²) in [5.74, 6) is 1.73. The van der Waals surface area contributed by atoms with Crippen molar-refractivity contribution in [3.05, 3.63) is 48.2 Å². The highest BCUT2D eigenvalue weighted by molar-refractivity contribution is 5.98. The van der Waals surface area contributed by atoms with Gasteiger partial charge in [-0.15, -0.1) is 0 Å². The summed E-state index contributed by atoms with van der Waals surface area (Å²) >= 11 is 0. The Morgan fingerprint density at radius 3 is 2.32 bits per heavy atom. The van der Waals surface area contributed by atoms with Crippen LogP contribution in [-0.4, -0.2) is 25.0 Å². The van der Waals surface area contributed by atoms with Crippen LogP contribution in [-0.2, 0) is 0 Å². The second-order valence-corrected chi connectivity index (χ2v) is 3.78. The number of hydrogen-bond acceptors (Lipinski definition) is 4. The molecule has 2 N–H and O–H groups in total. The summed E-state index contributed by atoms with van der Waals surface area (Å²) in [7, 11) is 3.19. The Labute approximate surface area is 111 Å². The fourth-order valence-electron chi connectivity index (χ4n) is 1.51. The number of benzene rings is 1. The van der Waals surface area contributed by atoms with Crippen LogP contribution in [0.4, 0.5) is 5.69 Å². The highest BCUT2D eigenvalue weighted by Gasteiger charge is 2.01. The monoisotopic (exact) mass is 257 g/mol. The van der Waals surface area contributed by atoms with Gasteiger partial charge >= 0.3 is 0 Å². The molecule has 19 heavy (non-hydrogen) atoms. The quantitative estimate of drug-likeness (QED) is 0.673. The van der Waals surface area contributed by atoms with E-state index in [0.717, 1.165) is 17.0 Å². The van der Waals surface area contributed by atoms with Gasteiger partial charge in [0.05, 0.1) is 19.9 Å². The lowest BCUT2D eigenvalue weighted by molar-refractivity contribution is 0.398. The van der Waals surface area contributed by atoms with Crippen molar-refractivity contribution in [1.29, 1.82) is 0 Å². The van der Waals surface area contributed by atoms with Crippen LogP contribution in [0.1, 0.15) is 5.56 Å². The lowest BCUT2D eigenvalue weighted by Gasteiger charge is -2.03. The molecule has 0 saturated heterocycles. The molecule has 0 amide bonds. The molecule has 2 aromatic rings. The normalized spacial score (nSPS) is 11.2. The Bertz CT molecular complexity index is 562. The van der Waals surface area contributed by atoms with Crippen molar-refractivity contribution in [2.24, 2.45) is 10.7 Å². The van der Waals surface area contributed by atoms with Crippen LogP contribution in [0.2, 0.25) is 0 Å². The van der Waals surface area contributed by atoms with E-state index in [0.29, 0.717) is 11.7 Å². The van der Waals surface area contributed by atoms with E-state index in [4.69, 9.17) is 15.2 Å². The van der Waals surface area contributed by atoms with Crippen molar-refractivity contribution in [1.82, 2.24) is 4.98 Å². The van der Waals surface area contributed by atoms with E-state index < -0.39 is 0 Å². The maximum atomic E-state index is 5.93. The van der Waals surface area contributed by atoms with E-state index >= 15 is 0 Å². The van der Waals surface area contributed by atoms with E-state index in [2.05, 4.69) is 9.98 Å². The highest BCUT2D eigenvalue weighted by Crippen LogP contribution is 2.18. The number of methoxy groups -OCH3 is 2. The molecular formula is C14H15N3O2. The molecule has 0 bridgehead atoms. The fourth-order valence-corrected chi connectivity index (χ4v) is 1.51. The molecule has 2 rings (SSSR count). The predicted octanol–water partition coefficient (Wildman–Crippen LogP) is 2.14. The number of nitrogens with two attached hydrogens (primary N) is 1. The van der Waals surface area contributed by atoms with Crippen LogP contribution >= 0.6 is 0 Å². The molecule has 0 radical (unpaired) electrons. The van der Waals surface area contributed by atoms with Gasteiger partial charge in [0.1, 0.15) is 11.6 Å². The summed E-state index contributed by atoms with van der Waals surface area (Å²) in [6, 6.07) is 10.9. The minimum absolute atomic E-state index is 0.403. The smallest absolute Gasteiger partial charge is 0.212 e. The molecule has 0 aliphatic heterocycles. The Hall–Kier alpha value is -2.56. The molecule has 1 aromatic carbocycles. The van der Waals surface area contributed by atoms with E-state index in [-0.39, 0.29) is 0 Å². The molecule has 1 aromatic heterocycles. The summed E-state index contributed by atoms with van der Waals surface area (Å²) < 4.78 is 10.1. The van der Waals surface area contributed by atoms with Crippen molar-refractivity contribution in [2.45, 2.75) is 0 Å². The molecule has 0 unspecified atom stereocenters. The number of aromatic nitrogens is 1. The third-order valence-electron chi connectivity index (χ3n) is 2.56. The molecule has 1 heterocycles. The summed E-state index contributed by atoms with van der Waals surface area (Å²) in [6.07, 6.45) is 1.63. The van der Waals surface area contributed by atoms with Gasteiger partial charge in [0.15, 0.2) is 0 Å². The summed E-state index contributed by atoms with van der Waals surface area (Å²) in [4.78, 5) is 8.40. The fraction of sp³-hybridized carbons (Fsp3) is 0.143. The molecular weight excluding hydrogens is 242 g/mol. The zero-order valence-electron chi connectivity index (χ0n) is 10.8. The number of ether oxygens (including phenoxy) is 2. The zero-order chi connectivity index (χ0) is 13.7. The minimum atomic E-state index is 0.403. The van der Waals surface area contributed by atoms with E-state index in [1.165, 1.54) is 0 Å². The van der Waals surface area contributed by atoms with Crippen LogP contribution in [0.15, 0.2) is 47.6 Å². The number of hydrogen-bond donors (Lipinski definition) is 1. The van der Waals surface area contributed by atoms with E-state index in [1.807, 2.05) is 30.3 Å². The standard InChI is InChI=1S/C14H15N3O2/c1-18-12-6-4-11(5-7-12)17-14(15)10-3-8-13(19-2)16-9-10/h3-9H,1-2H3,(H2,15,17). The highest BCUT2D eigenvalue weighted by atomic mass is 16.5. The van der Waals surface area contributed by atoms with Crippen LogP contribution in [0.5, 0.6) is 11.6 Å². The first-order valence-electron chi connectivity index (χ1n) is 5.71. The van der Waals surface area contributed by atoms with Crippen molar-refractivity contribution in [2.75, 3.05) is 14.2 Å². The molecule has 0 aliphatic rings. The average Bonchev–Trinajstić information content (AvgIpc) is 2.48. The summed E-state index contributed by atoms with van der Waals surface area (Å²) in [6.45, 7) is 0. The average molecular weight is 257 g/mol. The molecule has 0 atom stereocenters.